The van der Waals surface area contributed by atoms with Crippen molar-refractivity contribution in [1.82, 2.24) is 4.98 Å². The Hall–Kier alpha value is -4.20. The summed E-state index contributed by atoms with van der Waals surface area (Å²) in [6.07, 6.45) is 0.763. The first kappa shape index (κ1) is 32.0. The molecule has 250 valence electrons. The maximum absolute atomic E-state index is 14.1. The molecule has 3 aromatic carbocycles. The number of H-pyrrole nitrogens is 1. The zero-order valence-corrected chi connectivity index (χ0v) is 29.3. The predicted molar refractivity (Wildman–Crippen MR) is 188 cm³/mol. The number of nitrogens with one attached hydrogen (secondary N) is 2. The number of benzene rings is 3. The SMILES string of the molecule is CCOC(=O)c1ccc(NC(=O)COc2ccccc2[C@@H]2c3sc(=O)[nH]c3S[C@@H]3[C@@H]4C[C@@H]([C@@H]5C(=O)N(c6ccc(Br)cc6)C(=O)[C@@H]45)[C@H]23)cc1. The number of carbonyl (C=O) groups is 4. The van der Waals surface area contributed by atoms with Crippen LogP contribution in [0.15, 0.2) is 87.1 Å². The van der Waals surface area contributed by atoms with Crippen molar-refractivity contribution in [1.29, 1.82) is 0 Å². The van der Waals surface area contributed by atoms with Gasteiger partial charge in [0.05, 0.1) is 34.7 Å². The summed E-state index contributed by atoms with van der Waals surface area (Å²) in [5.41, 5.74) is 2.31. The fraction of sp³-hybridized carbons (Fsp3) is 0.306. The minimum Gasteiger partial charge on any atom is -0.483 e. The van der Waals surface area contributed by atoms with E-state index in [-0.39, 0.29) is 64.7 Å². The summed E-state index contributed by atoms with van der Waals surface area (Å²) in [5.74, 6) is -1.79. The number of carbonyl (C=O) groups excluding carboxylic acids is 4. The highest BCUT2D eigenvalue weighted by atomic mass is 79.9. The molecule has 0 spiro atoms. The number of aromatic amines is 1. The van der Waals surface area contributed by atoms with Gasteiger partial charge in [0.15, 0.2) is 6.61 Å². The van der Waals surface area contributed by atoms with Crippen LogP contribution < -0.4 is 19.8 Å². The van der Waals surface area contributed by atoms with E-state index >= 15 is 0 Å². The lowest BCUT2D eigenvalue weighted by atomic mass is 9.68. The molecule has 2 bridgehead atoms. The molecular weight excluding hydrogens is 730 g/mol. The first-order chi connectivity index (χ1) is 23.7. The normalized spacial score (nSPS) is 26.2. The minimum absolute atomic E-state index is 0.0181. The number of para-hydroxylation sites is 1. The number of thiazole rings is 1. The molecule has 2 saturated carbocycles. The number of hydrogen-bond donors (Lipinski definition) is 2. The second-order valence-corrected chi connectivity index (χ2v) is 15.7. The summed E-state index contributed by atoms with van der Waals surface area (Å²) in [6.45, 7) is 1.74. The second-order valence-electron chi connectivity index (χ2n) is 12.6. The lowest BCUT2D eigenvalue weighted by Gasteiger charge is -2.43. The molecule has 4 aliphatic rings. The van der Waals surface area contributed by atoms with Gasteiger partial charge in [-0.2, -0.15) is 0 Å². The average molecular weight is 761 g/mol. The Morgan fingerprint density at radius 3 is 2.41 bits per heavy atom. The van der Waals surface area contributed by atoms with Gasteiger partial charge in [0.1, 0.15) is 5.75 Å². The van der Waals surface area contributed by atoms with Gasteiger partial charge in [-0.05, 0) is 85.7 Å². The molecule has 7 atom stereocenters. The molecule has 2 aliphatic carbocycles. The second kappa shape index (κ2) is 12.6. The molecule has 3 heterocycles. The van der Waals surface area contributed by atoms with Crippen molar-refractivity contribution in [3.63, 3.8) is 0 Å². The van der Waals surface area contributed by atoms with Crippen molar-refractivity contribution < 1.29 is 28.7 Å². The number of ether oxygens (including phenoxy) is 2. The topological polar surface area (TPSA) is 135 Å². The molecule has 3 amide bonds. The number of hydrogen-bond acceptors (Lipinski definition) is 9. The number of halogens is 1. The van der Waals surface area contributed by atoms with Gasteiger partial charge in [0, 0.05) is 31.8 Å². The molecule has 3 fully saturated rings. The molecule has 0 radical (unpaired) electrons. The van der Waals surface area contributed by atoms with Gasteiger partial charge in [-0.1, -0.05) is 45.5 Å². The Balaban J connectivity index is 1.06. The largest absolute Gasteiger partial charge is 0.483 e. The van der Waals surface area contributed by atoms with Crippen LogP contribution in [-0.2, 0) is 19.1 Å². The Kier molecular flexibility index (Phi) is 8.24. The fourth-order valence-corrected chi connectivity index (χ4v) is 11.5. The quantitative estimate of drug-likeness (QED) is 0.163. The van der Waals surface area contributed by atoms with E-state index in [0.717, 1.165) is 26.4 Å². The molecule has 10 nitrogen and oxygen atoms in total. The van der Waals surface area contributed by atoms with Crippen LogP contribution in [0.1, 0.15) is 40.1 Å². The van der Waals surface area contributed by atoms with Crippen LogP contribution in [0.4, 0.5) is 11.4 Å². The Morgan fingerprint density at radius 2 is 1.67 bits per heavy atom. The molecule has 0 unspecified atom stereocenters. The van der Waals surface area contributed by atoms with Gasteiger partial charge in [0.2, 0.25) is 11.8 Å². The Bertz CT molecular complexity index is 2050. The number of rotatable bonds is 8. The maximum atomic E-state index is 14.1. The van der Waals surface area contributed by atoms with Crippen LogP contribution >= 0.6 is 39.0 Å². The lowest BCUT2D eigenvalue weighted by molar-refractivity contribution is -0.123. The van der Waals surface area contributed by atoms with Crippen LogP contribution in [0.25, 0.3) is 0 Å². The Labute approximate surface area is 297 Å². The van der Waals surface area contributed by atoms with Gasteiger partial charge < -0.3 is 19.8 Å². The highest BCUT2D eigenvalue weighted by Crippen LogP contribution is 2.69. The number of imide groups is 1. The van der Waals surface area contributed by atoms with Crippen molar-refractivity contribution >= 4 is 74.1 Å². The van der Waals surface area contributed by atoms with Crippen LogP contribution in [0.2, 0.25) is 0 Å². The minimum atomic E-state index is -0.434. The number of nitrogens with zero attached hydrogens (tertiary/aromatic N) is 1. The predicted octanol–water partition coefficient (Wildman–Crippen LogP) is 6.07. The third-order valence-electron chi connectivity index (χ3n) is 10.1. The molecule has 13 heteroatoms. The van der Waals surface area contributed by atoms with E-state index in [9.17, 15) is 24.0 Å². The molecule has 2 aliphatic heterocycles. The third kappa shape index (κ3) is 5.42. The zero-order valence-electron chi connectivity index (χ0n) is 26.1. The highest BCUT2D eigenvalue weighted by Gasteiger charge is 2.69. The van der Waals surface area contributed by atoms with Gasteiger partial charge in [-0.25, -0.2) is 4.79 Å². The zero-order chi connectivity index (χ0) is 34.0. The van der Waals surface area contributed by atoms with Crippen molar-refractivity contribution in [2.24, 2.45) is 29.6 Å². The molecule has 2 N–H and O–H groups in total. The first-order valence-corrected chi connectivity index (χ1v) is 18.5. The number of fused-ring (bicyclic) bond motifs is 9. The molecule has 4 aromatic rings. The summed E-state index contributed by atoms with van der Waals surface area (Å²) in [5, 5.41) is 3.62. The molecule has 1 saturated heterocycles. The van der Waals surface area contributed by atoms with Crippen molar-refractivity contribution in [2.45, 2.75) is 29.5 Å². The molecule has 49 heavy (non-hydrogen) atoms. The molecular formula is C36H30BrN3O7S2. The summed E-state index contributed by atoms with van der Waals surface area (Å²) in [6, 6.07) is 21.2. The van der Waals surface area contributed by atoms with Crippen LogP contribution in [0.3, 0.4) is 0 Å². The van der Waals surface area contributed by atoms with Gasteiger partial charge in [-0.15, -0.1) is 11.8 Å². The van der Waals surface area contributed by atoms with E-state index in [4.69, 9.17) is 9.47 Å². The van der Waals surface area contributed by atoms with Crippen molar-refractivity contribution in [3.05, 3.63) is 103 Å². The number of esters is 1. The van der Waals surface area contributed by atoms with E-state index in [1.165, 1.54) is 16.2 Å². The first-order valence-electron chi connectivity index (χ1n) is 16.0. The number of amides is 3. The summed E-state index contributed by atoms with van der Waals surface area (Å²) in [7, 11) is 0. The van der Waals surface area contributed by atoms with E-state index in [1.54, 1.807) is 55.1 Å². The lowest BCUT2D eigenvalue weighted by Crippen LogP contribution is -2.42. The molecule has 1 aromatic heterocycles. The monoisotopic (exact) mass is 759 g/mol. The third-order valence-corrected chi connectivity index (χ3v) is 13.2. The summed E-state index contributed by atoms with van der Waals surface area (Å²) in [4.78, 5) is 70.8. The van der Waals surface area contributed by atoms with E-state index in [2.05, 4.69) is 26.2 Å². The van der Waals surface area contributed by atoms with Crippen molar-refractivity contribution in [2.75, 3.05) is 23.4 Å². The van der Waals surface area contributed by atoms with Crippen LogP contribution in [0, 0.1) is 29.6 Å². The van der Waals surface area contributed by atoms with E-state index < -0.39 is 17.8 Å². The van der Waals surface area contributed by atoms with Crippen LogP contribution in [0.5, 0.6) is 5.75 Å². The van der Waals surface area contributed by atoms with E-state index in [1.807, 2.05) is 36.4 Å². The standard InChI is InChI=1S/C36H30BrN3O7S2/c1-2-46-35(44)17-7-11-19(12-8-17)38-25(41)16-47-24-6-4-3-5-21(24)26-27-22-15-23(30(27)48-32-31(26)49-36(45)39-32)29-28(22)33(42)40(34(29)43)20-13-9-18(37)10-14-20/h3-14,22-23,26-30H,2,15-16H2,1H3,(H,38,41)(H,39,45)/t22-,23-,26+,27-,28+,29+,30-/m1/s1. The smallest absolute Gasteiger partial charge is 0.338 e. The molecule has 8 rings (SSSR count). The summed E-state index contributed by atoms with van der Waals surface area (Å²) >= 11 is 6.23. The Morgan fingerprint density at radius 1 is 0.959 bits per heavy atom. The van der Waals surface area contributed by atoms with E-state index in [0.29, 0.717) is 22.7 Å². The average Bonchev–Trinajstić information content (AvgIpc) is 3.84. The van der Waals surface area contributed by atoms with Gasteiger partial charge in [-0.3, -0.25) is 24.1 Å². The van der Waals surface area contributed by atoms with Crippen molar-refractivity contribution in [3.8, 4) is 5.75 Å². The maximum Gasteiger partial charge on any atom is 0.338 e. The van der Waals surface area contributed by atoms with Gasteiger partial charge >= 0.3 is 10.8 Å². The summed E-state index contributed by atoms with van der Waals surface area (Å²) < 4.78 is 12.1. The number of aromatic nitrogens is 1. The highest BCUT2D eigenvalue weighted by molar-refractivity contribution is 9.10. The fourth-order valence-electron chi connectivity index (χ4n) is 8.32. The number of anilines is 2. The van der Waals surface area contributed by atoms with Gasteiger partial charge in [0.25, 0.3) is 5.91 Å². The number of thioether (sulfide) groups is 1. The van der Waals surface area contributed by atoms with Crippen LogP contribution in [-0.4, -0.2) is 47.1 Å².